The molecule has 0 bridgehead atoms. The summed E-state index contributed by atoms with van der Waals surface area (Å²) in [5.74, 6) is 0. The van der Waals surface area contributed by atoms with E-state index in [-0.39, 0.29) is 0 Å². The Kier molecular flexibility index (Phi) is 1.90. The second-order valence-electron chi connectivity index (χ2n) is 3.54. The average Bonchev–Trinajstić information content (AvgIpc) is 2.61. The van der Waals surface area contributed by atoms with E-state index in [0.717, 1.165) is 11.0 Å². The number of nitrogens with zero attached hydrogens (tertiary/aromatic N) is 3. The van der Waals surface area contributed by atoms with Crippen LogP contribution in [-0.2, 0) is 12.8 Å². The molecule has 0 saturated heterocycles. The highest BCUT2D eigenvalue weighted by Gasteiger charge is 2.12. The molecule has 2 aromatic rings. The van der Waals surface area contributed by atoms with Crippen LogP contribution in [0, 0.1) is 3.83 Å². The highest BCUT2D eigenvalue weighted by atomic mass is 127. The molecule has 1 heterocycles. The summed E-state index contributed by atoms with van der Waals surface area (Å²) >= 11 is 2.09. The quantitative estimate of drug-likeness (QED) is 0.699. The van der Waals surface area contributed by atoms with Crippen molar-refractivity contribution in [2.45, 2.75) is 19.3 Å². The van der Waals surface area contributed by atoms with Gasteiger partial charge in [-0.2, -0.15) is 0 Å². The van der Waals surface area contributed by atoms with Crippen LogP contribution in [0.15, 0.2) is 12.1 Å². The molecule has 1 aliphatic carbocycles. The van der Waals surface area contributed by atoms with Gasteiger partial charge in [-0.3, -0.25) is 0 Å². The van der Waals surface area contributed by atoms with Crippen LogP contribution < -0.4 is 0 Å². The summed E-state index contributed by atoms with van der Waals surface area (Å²) in [6.07, 6.45) is 3.63. The van der Waals surface area contributed by atoms with Crippen LogP contribution in [0.4, 0.5) is 0 Å². The molecule has 4 heteroatoms. The first-order chi connectivity index (χ1) is 6.83. The molecule has 14 heavy (non-hydrogen) atoms. The van der Waals surface area contributed by atoms with Gasteiger partial charge in [0.2, 0.25) is 3.83 Å². The highest BCUT2D eigenvalue weighted by molar-refractivity contribution is 14.1. The first kappa shape index (κ1) is 8.52. The van der Waals surface area contributed by atoms with Gasteiger partial charge in [0.15, 0.2) is 0 Å². The second kappa shape index (κ2) is 3.12. The van der Waals surface area contributed by atoms with Crippen LogP contribution in [0.3, 0.4) is 0 Å². The lowest BCUT2D eigenvalue weighted by Crippen LogP contribution is -1.94. The number of aryl methyl sites for hydroxylation is 2. The van der Waals surface area contributed by atoms with Crippen molar-refractivity contribution in [3.63, 3.8) is 0 Å². The Bertz CT molecular complexity index is 510. The Hall–Kier alpha value is -0.780. The molecule has 0 aliphatic heterocycles. The van der Waals surface area contributed by atoms with Gasteiger partial charge in [0.05, 0.1) is 5.52 Å². The van der Waals surface area contributed by atoms with Crippen LogP contribution in [0.5, 0.6) is 0 Å². The fourth-order valence-corrected chi connectivity index (χ4v) is 2.35. The highest BCUT2D eigenvalue weighted by Crippen LogP contribution is 2.25. The van der Waals surface area contributed by atoms with Gasteiger partial charge in [-0.25, -0.2) is 4.98 Å². The first-order valence-corrected chi connectivity index (χ1v) is 5.72. The molecule has 3 rings (SSSR count). The molecule has 3 nitrogen and oxygen atoms in total. The van der Waals surface area contributed by atoms with Crippen molar-refractivity contribution in [2.24, 2.45) is 0 Å². The monoisotopic (exact) mass is 297 g/mol. The topological polar surface area (TPSA) is 38.7 Å². The molecule has 1 aromatic carbocycles. The molecule has 0 saturated carbocycles. The van der Waals surface area contributed by atoms with E-state index in [1.54, 1.807) is 0 Å². The molecule has 0 unspecified atom stereocenters. The average molecular weight is 297 g/mol. The molecule has 1 aliphatic rings. The number of halogens is 1. The van der Waals surface area contributed by atoms with E-state index in [2.05, 4.69) is 49.9 Å². The zero-order valence-electron chi connectivity index (χ0n) is 7.50. The summed E-state index contributed by atoms with van der Waals surface area (Å²) in [5.41, 5.74) is 4.76. The predicted octanol–water partition coefficient (Wildman–Crippen LogP) is 2.12. The van der Waals surface area contributed by atoms with Gasteiger partial charge in [-0.05, 0) is 42.5 Å². The summed E-state index contributed by atoms with van der Waals surface area (Å²) in [6.45, 7) is 0. The minimum absolute atomic E-state index is 0.716. The van der Waals surface area contributed by atoms with Crippen molar-refractivity contribution in [1.29, 1.82) is 0 Å². The predicted molar refractivity (Wildman–Crippen MR) is 62.1 cm³/mol. The van der Waals surface area contributed by atoms with Gasteiger partial charge in [0.25, 0.3) is 0 Å². The minimum Gasteiger partial charge on any atom is -0.220 e. The van der Waals surface area contributed by atoms with Gasteiger partial charge in [-0.15, -0.1) is 10.2 Å². The van der Waals surface area contributed by atoms with Crippen LogP contribution in [0.1, 0.15) is 17.5 Å². The summed E-state index contributed by atoms with van der Waals surface area (Å²) in [5, 5.41) is 8.10. The van der Waals surface area contributed by atoms with E-state index in [4.69, 9.17) is 0 Å². The molecule has 0 radical (unpaired) electrons. The summed E-state index contributed by atoms with van der Waals surface area (Å²) in [6, 6.07) is 4.29. The molecular formula is C10H8IN3. The molecule has 0 amide bonds. The van der Waals surface area contributed by atoms with Gasteiger partial charge in [0.1, 0.15) is 5.52 Å². The molecule has 1 aromatic heterocycles. The number of hydrogen-bond donors (Lipinski definition) is 0. The Morgan fingerprint density at radius 2 is 1.71 bits per heavy atom. The number of rotatable bonds is 0. The van der Waals surface area contributed by atoms with E-state index in [0.29, 0.717) is 3.83 Å². The largest absolute Gasteiger partial charge is 0.220 e. The standard InChI is InChI=1S/C10H8IN3/c11-10-12-8-4-6-2-1-3-7(6)5-9(8)13-14-10/h4-5H,1-3H2. The zero-order chi connectivity index (χ0) is 9.54. The Morgan fingerprint density at radius 1 is 1.00 bits per heavy atom. The third-order valence-corrected chi connectivity index (χ3v) is 3.10. The van der Waals surface area contributed by atoms with Gasteiger partial charge < -0.3 is 0 Å². The van der Waals surface area contributed by atoms with E-state index < -0.39 is 0 Å². The molecule has 0 N–H and O–H groups in total. The van der Waals surface area contributed by atoms with E-state index in [9.17, 15) is 0 Å². The maximum atomic E-state index is 4.37. The molecule has 0 spiro atoms. The third kappa shape index (κ3) is 1.28. The Morgan fingerprint density at radius 3 is 2.50 bits per heavy atom. The molecule has 0 atom stereocenters. The van der Waals surface area contributed by atoms with E-state index in [1.807, 2.05) is 0 Å². The summed E-state index contributed by atoms with van der Waals surface area (Å²) < 4.78 is 0.716. The van der Waals surface area contributed by atoms with Crippen molar-refractivity contribution in [3.05, 3.63) is 27.1 Å². The van der Waals surface area contributed by atoms with Gasteiger partial charge in [-0.1, -0.05) is 0 Å². The van der Waals surface area contributed by atoms with E-state index in [1.165, 1.54) is 30.4 Å². The maximum absolute atomic E-state index is 4.37. The fourth-order valence-electron chi connectivity index (χ4n) is 1.98. The first-order valence-electron chi connectivity index (χ1n) is 4.65. The van der Waals surface area contributed by atoms with Crippen molar-refractivity contribution in [2.75, 3.05) is 0 Å². The lowest BCUT2D eigenvalue weighted by atomic mass is 10.1. The summed E-state index contributed by atoms with van der Waals surface area (Å²) in [7, 11) is 0. The molecule has 70 valence electrons. The Labute approximate surface area is 95.1 Å². The molecule has 0 fully saturated rings. The van der Waals surface area contributed by atoms with Crippen LogP contribution >= 0.6 is 22.6 Å². The normalized spacial score (nSPS) is 14.6. The van der Waals surface area contributed by atoms with Crippen LogP contribution in [0.2, 0.25) is 0 Å². The number of benzene rings is 1. The smallest absolute Gasteiger partial charge is 0.212 e. The number of fused-ring (bicyclic) bond motifs is 2. The van der Waals surface area contributed by atoms with Crippen LogP contribution in [0.25, 0.3) is 11.0 Å². The number of hydrogen-bond acceptors (Lipinski definition) is 3. The summed E-state index contributed by atoms with van der Waals surface area (Å²) in [4.78, 5) is 4.37. The van der Waals surface area contributed by atoms with E-state index >= 15 is 0 Å². The van der Waals surface area contributed by atoms with Crippen molar-refractivity contribution < 1.29 is 0 Å². The lowest BCUT2D eigenvalue weighted by molar-refractivity contribution is 0.912. The second-order valence-corrected chi connectivity index (χ2v) is 4.51. The molecular weight excluding hydrogens is 289 g/mol. The SMILES string of the molecule is Ic1nnc2cc3c(cc2n1)CCC3. The lowest BCUT2D eigenvalue weighted by Gasteiger charge is -2.01. The fraction of sp³-hybridized carbons (Fsp3) is 0.300. The maximum Gasteiger partial charge on any atom is 0.212 e. The van der Waals surface area contributed by atoms with Crippen molar-refractivity contribution in [1.82, 2.24) is 15.2 Å². The van der Waals surface area contributed by atoms with Crippen LogP contribution in [-0.4, -0.2) is 15.2 Å². The number of aromatic nitrogens is 3. The third-order valence-electron chi connectivity index (χ3n) is 2.64. The van der Waals surface area contributed by atoms with Crippen molar-refractivity contribution >= 4 is 33.6 Å². The van der Waals surface area contributed by atoms with Crippen molar-refractivity contribution in [3.8, 4) is 0 Å². The van der Waals surface area contributed by atoms with Gasteiger partial charge in [0, 0.05) is 22.6 Å². The zero-order valence-corrected chi connectivity index (χ0v) is 9.65. The van der Waals surface area contributed by atoms with Gasteiger partial charge >= 0.3 is 0 Å². The minimum atomic E-state index is 0.716. The Balaban J connectivity index is 2.33.